The molecule has 0 amide bonds. The summed E-state index contributed by atoms with van der Waals surface area (Å²) in [5.41, 5.74) is 1.53. The standard InChI is InChI=1S/C12H20N2O/c1-4-9-8-12(9,15)11-7-10(5-2)13-14(11)6-3/h7,9,15H,4-6,8H2,1-3H3. The molecule has 1 fully saturated rings. The van der Waals surface area contributed by atoms with E-state index in [9.17, 15) is 5.11 Å². The summed E-state index contributed by atoms with van der Waals surface area (Å²) < 4.78 is 1.95. The van der Waals surface area contributed by atoms with E-state index in [-0.39, 0.29) is 0 Å². The van der Waals surface area contributed by atoms with Gasteiger partial charge in [0.25, 0.3) is 0 Å². The summed E-state index contributed by atoms with van der Waals surface area (Å²) in [7, 11) is 0. The molecule has 1 saturated carbocycles. The summed E-state index contributed by atoms with van der Waals surface area (Å²) in [5.74, 6) is 0.434. The van der Waals surface area contributed by atoms with Crippen molar-refractivity contribution in [3.63, 3.8) is 0 Å². The molecule has 0 saturated heterocycles. The van der Waals surface area contributed by atoms with E-state index in [4.69, 9.17) is 0 Å². The van der Waals surface area contributed by atoms with Crippen molar-refractivity contribution in [2.45, 2.75) is 52.2 Å². The van der Waals surface area contributed by atoms with Crippen LogP contribution in [0.3, 0.4) is 0 Å². The van der Waals surface area contributed by atoms with Crippen LogP contribution in [0.4, 0.5) is 0 Å². The number of nitrogens with zero attached hydrogens (tertiary/aromatic N) is 2. The van der Waals surface area contributed by atoms with Crippen LogP contribution in [0.1, 0.15) is 45.0 Å². The molecule has 2 unspecified atom stereocenters. The lowest BCUT2D eigenvalue weighted by Crippen LogP contribution is -2.15. The molecule has 3 nitrogen and oxygen atoms in total. The van der Waals surface area contributed by atoms with E-state index in [1.807, 2.05) is 4.68 Å². The van der Waals surface area contributed by atoms with E-state index in [1.165, 1.54) is 0 Å². The Morgan fingerprint density at radius 1 is 1.53 bits per heavy atom. The van der Waals surface area contributed by atoms with Crippen molar-refractivity contribution in [1.29, 1.82) is 0 Å². The van der Waals surface area contributed by atoms with E-state index in [0.29, 0.717) is 5.92 Å². The summed E-state index contributed by atoms with van der Waals surface area (Å²) >= 11 is 0. The van der Waals surface area contributed by atoms with Gasteiger partial charge in [-0.3, -0.25) is 4.68 Å². The lowest BCUT2D eigenvalue weighted by atomic mass is 10.1. The molecular weight excluding hydrogens is 188 g/mol. The van der Waals surface area contributed by atoms with Gasteiger partial charge >= 0.3 is 0 Å². The van der Waals surface area contributed by atoms with Crippen LogP contribution in [0.5, 0.6) is 0 Å². The molecule has 1 aromatic rings. The molecule has 0 aromatic carbocycles. The zero-order chi connectivity index (χ0) is 11.1. The second kappa shape index (κ2) is 3.63. The molecule has 1 aliphatic rings. The zero-order valence-corrected chi connectivity index (χ0v) is 9.82. The summed E-state index contributed by atoms with van der Waals surface area (Å²) in [6.45, 7) is 7.15. The summed E-state index contributed by atoms with van der Waals surface area (Å²) in [6.07, 6.45) is 2.89. The van der Waals surface area contributed by atoms with Crippen molar-refractivity contribution in [3.05, 3.63) is 17.5 Å². The number of aromatic nitrogens is 2. The Morgan fingerprint density at radius 2 is 2.27 bits per heavy atom. The maximum Gasteiger partial charge on any atom is 0.109 e. The van der Waals surface area contributed by atoms with Crippen molar-refractivity contribution >= 4 is 0 Å². The Hall–Kier alpha value is -0.830. The van der Waals surface area contributed by atoms with Gasteiger partial charge in [-0.05, 0) is 31.7 Å². The topological polar surface area (TPSA) is 38.0 Å². The molecule has 1 heterocycles. The van der Waals surface area contributed by atoms with Crippen LogP contribution in [-0.4, -0.2) is 14.9 Å². The third-order valence-corrected chi connectivity index (χ3v) is 3.50. The zero-order valence-electron chi connectivity index (χ0n) is 9.82. The van der Waals surface area contributed by atoms with Crippen LogP contribution in [0.25, 0.3) is 0 Å². The second-order valence-electron chi connectivity index (χ2n) is 4.42. The smallest absolute Gasteiger partial charge is 0.109 e. The largest absolute Gasteiger partial charge is 0.383 e. The van der Waals surface area contributed by atoms with E-state index >= 15 is 0 Å². The van der Waals surface area contributed by atoms with Gasteiger partial charge in [0.1, 0.15) is 5.60 Å². The van der Waals surface area contributed by atoms with Crippen LogP contribution in [0.2, 0.25) is 0 Å². The van der Waals surface area contributed by atoms with Gasteiger partial charge in [-0.25, -0.2) is 0 Å². The Kier molecular flexibility index (Phi) is 2.59. The quantitative estimate of drug-likeness (QED) is 0.822. The Labute approximate surface area is 91.1 Å². The molecule has 1 N–H and O–H groups in total. The van der Waals surface area contributed by atoms with Crippen LogP contribution in [0.15, 0.2) is 6.07 Å². The normalized spacial score (nSPS) is 29.5. The fraction of sp³-hybridized carbons (Fsp3) is 0.750. The molecule has 0 radical (unpaired) electrons. The Balaban J connectivity index is 2.31. The Bertz CT molecular complexity index is 359. The molecule has 0 bridgehead atoms. The first-order valence-corrected chi connectivity index (χ1v) is 5.95. The van der Waals surface area contributed by atoms with Crippen molar-refractivity contribution < 1.29 is 5.11 Å². The van der Waals surface area contributed by atoms with Gasteiger partial charge in [0.05, 0.1) is 11.4 Å². The van der Waals surface area contributed by atoms with Gasteiger partial charge in [0.15, 0.2) is 0 Å². The number of rotatable bonds is 4. The number of hydrogen-bond donors (Lipinski definition) is 1. The molecule has 2 rings (SSSR count). The fourth-order valence-corrected chi connectivity index (χ4v) is 2.34. The number of hydrogen-bond acceptors (Lipinski definition) is 2. The Morgan fingerprint density at radius 3 is 2.73 bits per heavy atom. The first-order valence-electron chi connectivity index (χ1n) is 5.95. The minimum absolute atomic E-state index is 0.434. The third kappa shape index (κ3) is 1.59. The highest BCUT2D eigenvalue weighted by molar-refractivity contribution is 5.25. The first kappa shape index (κ1) is 10.7. The molecule has 0 aliphatic heterocycles. The molecule has 2 atom stereocenters. The minimum atomic E-state index is -0.578. The second-order valence-corrected chi connectivity index (χ2v) is 4.42. The molecule has 1 aliphatic carbocycles. The summed E-state index contributed by atoms with van der Waals surface area (Å²) in [5, 5.41) is 14.9. The number of aliphatic hydroxyl groups is 1. The molecule has 15 heavy (non-hydrogen) atoms. The highest BCUT2D eigenvalue weighted by atomic mass is 16.3. The lowest BCUT2D eigenvalue weighted by molar-refractivity contribution is 0.119. The van der Waals surface area contributed by atoms with Gasteiger partial charge in [0, 0.05) is 6.54 Å². The van der Waals surface area contributed by atoms with E-state index in [0.717, 1.165) is 37.2 Å². The summed E-state index contributed by atoms with van der Waals surface area (Å²) in [4.78, 5) is 0. The van der Waals surface area contributed by atoms with Gasteiger partial charge in [-0.15, -0.1) is 0 Å². The van der Waals surface area contributed by atoms with Crippen molar-refractivity contribution in [3.8, 4) is 0 Å². The highest BCUT2D eigenvalue weighted by Gasteiger charge is 2.54. The molecular formula is C12H20N2O. The minimum Gasteiger partial charge on any atom is -0.383 e. The maximum absolute atomic E-state index is 10.4. The summed E-state index contributed by atoms with van der Waals surface area (Å²) in [6, 6.07) is 2.07. The predicted octanol–water partition coefficient (Wildman–Crippen LogP) is 2.08. The van der Waals surface area contributed by atoms with Crippen LogP contribution in [-0.2, 0) is 18.6 Å². The van der Waals surface area contributed by atoms with E-state index in [1.54, 1.807) is 0 Å². The van der Waals surface area contributed by atoms with Crippen molar-refractivity contribution in [2.75, 3.05) is 0 Å². The maximum atomic E-state index is 10.4. The monoisotopic (exact) mass is 208 g/mol. The molecule has 3 heteroatoms. The van der Waals surface area contributed by atoms with E-state index < -0.39 is 5.60 Å². The van der Waals surface area contributed by atoms with E-state index in [2.05, 4.69) is 31.9 Å². The SMILES string of the molecule is CCc1cc(C2(O)CC2CC)n(CC)n1. The third-order valence-electron chi connectivity index (χ3n) is 3.50. The molecule has 0 spiro atoms. The van der Waals surface area contributed by atoms with Gasteiger partial charge < -0.3 is 5.11 Å². The molecule has 84 valence electrons. The van der Waals surface area contributed by atoms with Crippen LogP contribution < -0.4 is 0 Å². The highest BCUT2D eigenvalue weighted by Crippen LogP contribution is 2.53. The average Bonchev–Trinajstić information content (AvgIpc) is 2.77. The van der Waals surface area contributed by atoms with Gasteiger partial charge in [0.2, 0.25) is 0 Å². The number of aryl methyl sites for hydroxylation is 2. The van der Waals surface area contributed by atoms with Gasteiger partial charge in [-0.2, -0.15) is 5.10 Å². The first-order chi connectivity index (χ1) is 7.15. The predicted molar refractivity (Wildman–Crippen MR) is 59.6 cm³/mol. The van der Waals surface area contributed by atoms with Crippen LogP contribution in [0, 0.1) is 5.92 Å². The lowest BCUT2D eigenvalue weighted by Gasteiger charge is -2.11. The van der Waals surface area contributed by atoms with Crippen LogP contribution >= 0.6 is 0 Å². The van der Waals surface area contributed by atoms with Crippen molar-refractivity contribution in [1.82, 2.24) is 9.78 Å². The molecule has 1 aromatic heterocycles. The van der Waals surface area contributed by atoms with Crippen molar-refractivity contribution in [2.24, 2.45) is 5.92 Å². The fourth-order valence-electron chi connectivity index (χ4n) is 2.34. The average molecular weight is 208 g/mol. The van der Waals surface area contributed by atoms with Gasteiger partial charge in [-0.1, -0.05) is 20.3 Å².